The molecule has 0 unspecified atom stereocenters. The fourth-order valence-electron chi connectivity index (χ4n) is 3.75. The van der Waals surface area contributed by atoms with Gasteiger partial charge < -0.3 is 20.6 Å². The molecule has 9 heteroatoms. The lowest BCUT2D eigenvalue weighted by atomic mass is 10.1. The van der Waals surface area contributed by atoms with Gasteiger partial charge in [0.2, 0.25) is 11.8 Å². The fourth-order valence-corrected chi connectivity index (χ4v) is 3.75. The molecule has 1 saturated heterocycles. The summed E-state index contributed by atoms with van der Waals surface area (Å²) in [5.74, 6) is 0.0140. The molecule has 2 aliphatic rings. The predicted octanol–water partition coefficient (Wildman–Crippen LogP) is 0.468. The summed E-state index contributed by atoms with van der Waals surface area (Å²) in [6, 6.07) is 5.23. The number of hydrogen-bond acceptors (Lipinski definition) is 5. The van der Waals surface area contributed by atoms with Crippen LogP contribution in [-0.4, -0.2) is 75.9 Å². The fraction of sp³-hybridized carbons (Fsp3) is 0.550. The summed E-state index contributed by atoms with van der Waals surface area (Å²) in [5, 5.41) is 5.99. The highest BCUT2D eigenvalue weighted by Gasteiger charge is 2.32. The van der Waals surface area contributed by atoms with Crippen molar-refractivity contribution in [2.75, 3.05) is 31.5 Å². The third kappa shape index (κ3) is 4.51. The van der Waals surface area contributed by atoms with Crippen LogP contribution in [0.1, 0.15) is 26.7 Å². The van der Waals surface area contributed by atoms with Crippen molar-refractivity contribution in [2.24, 2.45) is 0 Å². The SMILES string of the molecule is C[C@H](C(=O)Nc1ccc2[nH]c(=O)[nH]c2c1)N1CCN([C@@H](C)C(=O)NC2CC2)CC1. The quantitative estimate of drug-likeness (QED) is 0.563. The maximum atomic E-state index is 12.7. The van der Waals surface area contributed by atoms with E-state index >= 15 is 0 Å². The number of carbonyl (C=O) groups excluding carboxylic acids is 2. The lowest BCUT2D eigenvalue weighted by molar-refractivity contribution is -0.128. The van der Waals surface area contributed by atoms with Crippen LogP contribution in [0.25, 0.3) is 11.0 Å². The van der Waals surface area contributed by atoms with E-state index in [1.54, 1.807) is 18.2 Å². The highest BCUT2D eigenvalue weighted by atomic mass is 16.2. The maximum Gasteiger partial charge on any atom is 0.323 e. The van der Waals surface area contributed by atoms with Crippen LogP contribution in [0.4, 0.5) is 5.69 Å². The first kappa shape index (κ1) is 19.7. The highest BCUT2D eigenvalue weighted by molar-refractivity contribution is 5.96. The molecule has 29 heavy (non-hydrogen) atoms. The Morgan fingerprint density at radius 1 is 0.966 bits per heavy atom. The molecule has 0 radical (unpaired) electrons. The van der Waals surface area contributed by atoms with Crippen molar-refractivity contribution in [2.45, 2.75) is 44.8 Å². The lowest BCUT2D eigenvalue weighted by Crippen LogP contribution is -2.57. The number of H-pyrrole nitrogens is 2. The lowest BCUT2D eigenvalue weighted by Gasteiger charge is -2.39. The Morgan fingerprint density at radius 3 is 2.17 bits per heavy atom. The van der Waals surface area contributed by atoms with Crippen LogP contribution in [0.2, 0.25) is 0 Å². The highest BCUT2D eigenvalue weighted by Crippen LogP contribution is 2.20. The number of piperazine rings is 1. The van der Waals surface area contributed by atoms with E-state index in [9.17, 15) is 14.4 Å². The Labute approximate surface area is 168 Å². The number of benzene rings is 1. The summed E-state index contributed by atoms with van der Waals surface area (Å²) >= 11 is 0. The van der Waals surface area contributed by atoms with Gasteiger partial charge in [-0.1, -0.05) is 0 Å². The van der Waals surface area contributed by atoms with E-state index in [1.807, 2.05) is 13.8 Å². The first-order valence-electron chi connectivity index (χ1n) is 10.2. The Hall–Kier alpha value is -2.65. The van der Waals surface area contributed by atoms with E-state index in [0.717, 1.165) is 39.0 Å². The van der Waals surface area contributed by atoms with Gasteiger partial charge in [0.05, 0.1) is 23.1 Å². The van der Waals surface area contributed by atoms with Crippen LogP contribution in [0.15, 0.2) is 23.0 Å². The van der Waals surface area contributed by atoms with Crippen molar-refractivity contribution in [1.29, 1.82) is 0 Å². The second kappa shape index (κ2) is 8.00. The number of aromatic amines is 2. The normalized spacial score (nSPS) is 20.3. The number of amides is 2. The molecule has 2 amide bonds. The van der Waals surface area contributed by atoms with Gasteiger partial charge in [0.15, 0.2) is 0 Å². The molecule has 1 saturated carbocycles. The Bertz CT molecular complexity index is 955. The smallest absolute Gasteiger partial charge is 0.323 e. The summed E-state index contributed by atoms with van der Waals surface area (Å²) in [5.41, 5.74) is 1.74. The molecule has 156 valence electrons. The standard InChI is InChI=1S/C20H28N6O3/c1-12(18(27)21-14-3-4-14)25-7-9-26(10-8-25)13(2)19(28)22-15-5-6-16-17(11-15)24-20(29)23-16/h5-6,11-14H,3-4,7-10H2,1-2H3,(H,21,27)(H,22,28)(H2,23,24,29)/t12-,13+/m0/s1. The summed E-state index contributed by atoms with van der Waals surface area (Å²) in [4.78, 5) is 46.0. The molecule has 1 aliphatic carbocycles. The van der Waals surface area contributed by atoms with E-state index in [4.69, 9.17) is 0 Å². The minimum Gasteiger partial charge on any atom is -0.352 e. The average Bonchev–Trinajstić information content (AvgIpc) is 3.45. The van der Waals surface area contributed by atoms with Gasteiger partial charge in [-0.2, -0.15) is 0 Å². The van der Waals surface area contributed by atoms with E-state index in [1.165, 1.54) is 0 Å². The number of nitrogens with zero attached hydrogens (tertiary/aromatic N) is 2. The van der Waals surface area contributed by atoms with Gasteiger partial charge >= 0.3 is 5.69 Å². The number of rotatable bonds is 6. The molecule has 2 heterocycles. The molecule has 9 nitrogen and oxygen atoms in total. The first-order chi connectivity index (χ1) is 13.9. The largest absolute Gasteiger partial charge is 0.352 e. The Kier molecular flexibility index (Phi) is 5.42. The molecule has 1 aromatic carbocycles. The maximum absolute atomic E-state index is 12.7. The molecule has 1 aliphatic heterocycles. The van der Waals surface area contributed by atoms with Gasteiger partial charge in [0.1, 0.15) is 0 Å². The number of carbonyl (C=O) groups is 2. The first-order valence-corrected chi connectivity index (χ1v) is 10.2. The number of imidazole rings is 1. The van der Waals surface area contributed by atoms with Crippen molar-refractivity contribution in [3.63, 3.8) is 0 Å². The molecule has 0 bridgehead atoms. The Morgan fingerprint density at radius 2 is 1.55 bits per heavy atom. The molecule has 2 atom stereocenters. The van der Waals surface area contributed by atoms with Gasteiger partial charge in [-0.15, -0.1) is 0 Å². The van der Waals surface area contributed by atoms with Crippen LogP contribution in [0.5, 0.6) is 0 Å². The number of aromatic nitrogens is 2. The van der Waals surface area contributed by atoms with Crippen LogP contribution in [0, 0.1) is 0 Å². The molecule has 2 fully saturated rings. The van der Waals surface area contributed by atoms with E-state index < -0.39 is 0 Å². The minimum atomic E-state index is -0.284. The summed E-state index contributed by atoms with van der Waals surface area (Å²) < 4.78 is 0. The molecular formula is C20H28N6O3. The van der Waals surface area contributed by atoms with Crippen molar-refractivity contribution in [1.82, 2.24) is 25.1 Å². The van der Waals surface area contributed by atoms with Crippen molar-refractivity contribution < 1.29 is 9.59 Å². The van der Waals surface area contributed by atoms with E-state index in [-0.39, 0.29) is 29.6 Å². The zero-order chi connectivity index (χ0) is 20.5. The average molecular weight is 400 g/mol. The predicted molar refractivity (Wildman–Crippen MR) is 111 cm³/mol. The van der Waals surface area contributed by atoms with Gasteiger partial charge in [-0.25, -0.2) is 4.79 Å². The molecule has 4 N–H and O–H groups in total. The topological polar surface area (TPSA) is 113 Å². The van der Waals surface area contributed by atoms with Crippen LogP contribution in [0.3, 0.4) is 0 Å². The van der Waals surface area contributed by atoms with Gasteiger partial charge in [-0.3, -0.25) is 19.4 Å². The van der Waals surface area contributed by atoms with Crippen LogP contribution in [-0.2, 0) is 9.59 Å². The molecule has 1 aromatic heterocycles. The summed E-state index contributed by atoms with van der Waals surface area (Å²) in [6.45, 7) is 6.83. The number of fused-ring (bicyclic) bond motifs is 1. The number of nitrogens with one attached hydrogen (secondary N) is 4. The zero-order valence-corrected chi connectivity index (χ0v) is 16.8. The van der Waals surface area contributed by atoms with Gasteiger partial charge in [0.25, 0.3) is 0 Å². The summed E-state index contributed by atoms with van der Waals surface area (Å²) in [6.07, 6.45) is 2.18. The second-order valence-corrected chi connectivity index (χ2v) is 8.04. The van der Waals surface area contributed by atoms with Crippen molar-refractivity contribution in [3.05, 3.63) is 28.7 Å². The van der Waals surface area contributed by atoms with Crippen molar-refractivity contribution >= 4 is 28.5 Å². The number of anilines is 1. The van der Waals surface area contributed by atoms with Crippen molar-refractivity contribution in [3.8, 4) is 0 Å². The molecular weight excluding hydrogens is 372 g/mol. The summed E-state index contributed by atoms with van der Waals surface area (Å²) in [7, 11) is 0. The third-order valence-electron chi connectivity index (χ3n) is 5.91. The van der Waals surface area contributed by atoms with Crippen LogP contribution >= 0.6 is 0 Å². The molecule has 4 rings (SSSR count). The second-order valence-electron chi connectivity index (χ2n) is 8.04. The van der Waals surface area contributed by atoms with E-state index in [0.29, 0.717) is 22.8 Å². The van der Waals surface area contributed by atoms with E-state index in [2.05, 4.69) is 30.4 Å². The molecule has 0 spiro atoms. The van der Waals surface area contributed by atoms with Gasteiger partial charge in [-0.05, 0) is 44.9 Å². The Balaban J connectivity index is 1.29. The molecule has 2 aromatic rings. The van der Waals surface area contributed by atoms with Crippen LogP contribution < -0.4 is 16.3 Å². The van der Waals surface area contributed by atoms with Gasteiger partial charge in [0, 0.05) is 37.9 Å². The zero-order valence-electron chi connectivity index (χ0n) is 16.8. The third-order valence-corrected chi connectivity index (χ3v) is 5.91. The number of hydrogen-bond donors (Lipinski definition) is 4. The monoisotopic (exact) mass is 400 g/mol. The minimum absolute atomic E-state index is 0.0878.